The Bertz CT molecular complexity index is 1160. The van der Waals surface area contributed by atoms with E-state index in [1.807, 2.05) is 61.5 Å². The smallest absolute Gasteiger partial charge is 0.293 e. The van der Waals surface area contributed by atoms with E-state index in [1.165, 1.54) is 16.3 Å². The van der Waals surface area contributed by atoms with Crippen molar-refractivity contribution in [1.29, 1.82) is 0 Å². The van der Waals surface area contributed by atoms with Crippen LogP contribution >= 0.6 is 11.8 Å². The van der Waals surface area contributed by atoms with Crippen LogP contribution in [0.25, 0.3) is 11.3 Å². The van der Waals surface area contributed by atoms with Crippen LogP contribution in [0.3, 0.4) is 0 Å². The summed E-state index contributed by atoms with van der Waals surface area (Å²) >= 11 is 1.27. The maximum atomic E-state index is 12.7. The summed E-state index contributed by atoms with van der Waals surface area (Å²) in [6, 6.07) is 16.8. The summed E-state index contributed by atoms with van der Waals surface area (Å²) in [5.41, 5.74) is 2.50. The van der Waals surface area contributed by atoms with Gasteiger partial charge in [-0.25, -0.2) is 0 Å². The molecule has 27 heavy (non-hydrogen) atoms. The highest BCUT2D eigenvalue weighted by molar-refractivity contribution is 7.99. The molecule has 0 atom stereocenters. The fraction of sp³-hybridized carbons (Fsp3) is 0.100. The molecule has 0 amide bonds. The minimum atomic E-state index is -0.257. The van der Waals surface area contributed by atoms with Crippen molar-refractivity contribution in [3.63, 3.8) is 0 Å². The lowest BCUT2D eigenvalue weighted by Crippen LogP contribution is -2.20. The molecule has 4 rings (SSSR count). The van der Waals surface area contributed by atoms with Crippen molar-refractivity contribution in [2.45, 2.75) is 12.1 Å². The van der Waals surface area contributed by atoms with Crippen LogP contribution in [0.4, 0.5) is 0 Å². The average molecular weight is 376 g/mol. The lowest BCUT2D eigenvalue weighted by molar-refractivity contribution is 0.102. The molecule has 2 heterocycles. The van der Waals surface area contributed by atoms with E-state index in [9.17, 15) is 9.59 Å². The van der Waals surface area contributed by atoms with E-state index in [4.69, 9.17) is 0 Å². The van der Waals surface area contributed by atoms with Gasteiger partial charge in [0.25, 0.3) is 0 Å². The van der Waals surface area contributed by atoms with Gasteiger partial charge in [0.15, 0.2) is 10.9 Å². The molecule has 0 N–H and O–H groups in total. The highest BCUT2D eigenvalue weighted by atomic mass is 32.2. The monoisotopic (exact) mass is 376 g/mol. The number of Topliss-reactive ketones (excluding diaryl/α,β-unsaturated/α-hetero) is 1. The molecule has 0 aliphatic heterocycles. The third kappa shape index (κ3) is 3.41. The Kier molecular flexibility index (Phi) is 4.60. The number of thioether (sulfide) groups is 1. The van der Waals surface area contributed by atoms with Crippen molar-refractivity contribution in [2.75, 3.05) is 5.75 Å². The van der Waals surface area contributed by atoms with Crippen LogP contribution in [0.1, 0.15) is 15.9 Å². The normalized spacial score (nSPS) is 11.0. The van der Waals surface area contributed by atoms with Gasteiger partial charge < -0.3 is 0 Å². The molecule has 0 fully saturated rings. The number of ketones is 1. The van der Waals surface area contributed by atoms with Gasteiger partial charge in [0.1, 0.15) is 0 Å². The molecule has 6 nitrogen and oxygen atoms in total. The molecule has 0 unspecified atom stereocenters. The molecule has 0 bridgehead atoms. The van der Waals surface area contributed by atoms with E-state index in [0.29, 0.717) is 10.7 Å². The standard InChI is InChI=1S/C20H16N4O2S/c1-14-7-9-15(10-8-14)17(25)13-27-20-22-21-18-19(26)23(11-12-24(18)20)16-5-3-2-4-6-16/h2-12H,13H2,1H3. The minimum Gasteiger partial charge on any atom is -0.293 e. The summed E-state index contributed by atoms with van der Waals surface area (Å²) in [4.78, 5) is 25.0. The third-order valence-electron chi connectivity index (χ3n) is 4.18. The second-order valence-corrected chi connectivity index (χ2v) is 7.01. The molecule has 7 heteroatoms. The number of carbonyl (C=O) groups is 1. The Morgan fingerprint density at radius 1 is 1.00 bits per heavy atom. The molecule has 134 valence electrons. The van der Waals surface area contributed by atoms with Gasteiger partial charge in [0, 0.05) is 23.6 Å². The number of benzene rings is 2. The molecular formula is C20H16N4O2S. The topological polar surface area (TPSA) is 69.3 Å². The van der Waals surface area contributed by atoms with Gasteiger partial charge in [0.05, 0.1) is 5.75 Å². The summed E-state index contributed by atoms with van der Waals surface area (Å²) in [5, 5.41) is 8.61. The Morgan fingerprint density at radius 3 is 2.48 bits per heavy atom. The van der Waals surface area contributed by atoms with Crippen LogP contribution in [-0.4, -0.2) is 30.7 Å². The van der Waals surface area contributed by atoms with E-state index in [0.717, 1.165) is 11.3 Å². The van der Waals surface area contributed by atoms with Gasteiger partial charge >= 0.3 is 5.56 Å². The predicted molar refractivity (Wildman–Crippen MR) is 105 cm³/mol. The van der Waals surface area contributed by atoms with Crippen molar-refractivity contribution >= 4 is 23.2 Å². The first-order chi connectivity index (χ1) is 13.1. The number of hydrogen-bond acceptors (Lipinski definition) is 5. The maximum Gasteiger partial charge on any atom is 0.300 e. The lowest BCUT2D eigenvalue weighted by Gasteiger charge is -2.06. The summed E-state index contributed by atoms with van der Waals surface area (Å²) in [7, 11) is 0. The van der Waals surface area contributed by atoms with Crippen LogP contribution < -0.4 is 5.56 Å². The quantitative estimate of drug-likeness (QED) is 0.395. The van der Waals surface area contributed by atoms with Crippen LogP contribution in [0, 0.1) is 6.92 Å². The zero-order valence-electron chi connectivity index (χ0n) is 14.6. The van der Waals surface area contributed by atoms with Gasteiger partial charge in [-0.05, 0) is 19.1 Å². The number of aromatic nitrogens is 4. The minimum absolute atomic E-state index is 0.00868. The summed E-state index contributed by atoms with van der Waals surface area (Å²) < 4.78 is 3.14. The zero-order chi connectivity index (χ0) is 18.8. The highest BCUT2D eigenvalue weighted by Gasteiger charge is 2.14. The van der Waals surface area contributed by atoms with Crippen LogP contribution in [0.5, 0.6) is 0 Å². The van der Waals surface area contributed by atoms with E-state index in [-0.39, 0.29) is 22.7 Å². The molecule has 0 spiro atoms. The maximum absolute atomic E-state index is 12.7. The van der Waals surface area contributed by atoms with Crippen molar-refractivity contribution in [2.24, 2.45) is 0 Å². The Balaban J connectivity index is 1.59. The molecule has 4 aromatic rings. The highest BCUT2D eigenvalue weighted by Crippen LogP contribution is 2.18. The number of hydrogen-bond donors (Lipinski definition) is 0. The van der Waals surface area contributed by atoms with Gasteiger partial charge in [-0.15, -0.1) is 10.2 Å². The molecule has 0 aliphatic carbocycles. The Hall–Kier alpha value is -3.19. The number of aryl methyl sites for hydroxylation is 1. The predicted octanol–water partition coefficient (Wildman–Crippen LogP) is 3.16. The van der Waals surface area contributed by atoms with Crippen LogP contribution in [0.2, 0.25) is 0 Å². The van der Waals surface area contributed by atoms with Crippen molar-refractivity contribution in [3.05, 3.63) is 88.5 Å². The molecule has 0 saturated heterocycles. The Morgan fingerprint density at radius 2 is 1.74 bits per heavy atom. The van der Waals surface area contributed by atoms with E-state index < -0.39 is 0 Å². The number of nitrogens with zero attached hydrogens (tertiary/aromatic N) is 4. The van der Waals surface area contributed by atoms with Crippen LogP contribution in [-0.2, 0) is 0 Å². The van der Waals surface area contributed by atoms with Gasteiger partial charge in [-0.3, -0.25) is 18.6 Å². The molecule has 0 radical (unpaired) electrons. The Labute approximate surface area is 159 Å². The molecule has 0 saturated carbocycles. The molecule has 2 aromatic carbocycles. The van der Waals surface area contributed by atoms with E-state index >= 15 is 0 Å². The molecule has 2 aromatic heterocycles. The van der Waals surface area contributed by atoms with E-state index in [1.54, 1.807) is 16.8 Å². The van der Waals surface area contributed by atoms with Gasteiger partial charge in [-0.2, -0.15) is 0 Å². The first-order valence-electron chi connectivity index (χ1n) is 8.38. The first-order valence-corrected chi connectivity index (χ1v) is 9.36. The zero-order valence-corrected chi connectivity index (χ0v) is 15.4. The second kappa shape index (κ2) is 7.20. The summed E-state index contributed by atoms with van der Waals surface area (Å²) in [6.45, 7) is 1.98. The number of rotatable bonds is 5. The SMILES string of the molecule is Cc1ccc(C(=O)CSc2nnc3c(=O)n(-c4ccccc4)ccn23)cc1. The number of para-hydroxylation sites is 1. The second-order valence-electron chi connectivity index (χ2n) is 6.06. The van der Waals surface area contributed by atoms with Crippen molar-refractivity contribution in [1.82, 2.24) is 19.2 Å². The van der Waals surface area contributed by atoms with Crippen molar-refractivity contribution in [3.8, 4) is 5.69 Å². The van der Waals surface area contributed by atoms with Crippen LogP contribution in [0.15, 0.2) is 76.9 Å². The molecular weight excluding hydrogens is 360 g/mol. The fourth-order valence-electron chi connectivity index (χ4n) is 2.71. The number of carbonyl (C=O) groups excluding carboxylic acids is 1. The first kappa shape index (κ1) is 17.2. The third-order valence-corrected chi connectivity index (χ3v) is 5.12. The van der Waals surface area contributed by atoms with Crippen molar-refractivity contribution < 1.29 is 4.79 Å². The number of fused-ring (bicyclic) bond motifs is 1. The fourth-order valence-corrected chi connectivity index (χ4v) is 3.52. The molecule has 0 aliphatic rings. The average Bonchev–Trinajstić information content (AvgIpc) is 3.11. The summed E-state index contributed by atoms with van der Waals surface area (Å²) in [5.74, 6) is 0.236. The van der Waals surface area contributed by atoms with Gasteiger partial charge in [-0.1, -0.05) is 59.8 Å². The van der Waals surface area contributed by atoms with Gasteiger partial charge in [0.2, 0.25) is 5.65 Å². The summed E-state index contributed by atoms with van der Waals surface area (Å²) in [6.07, 6.45) is 3.42. The van der Waals surface area contributed by atoms with E-state index in [2.05, 4.69) is 10.2 Å². The lowest BCUT2D eigenvalue weighted by atomic mass is 10.1. The largest absolute Gasteiger partial charge is 0.300 e.